The molecule has 1 fully saturated rings. The third-order valence-corrected chi connectivity index (χ3v) is 7.03. The molecule has 4 rings (SSSR count). The first-order valence-electron chi connectivity index (χ1n) is 11.8. The van der Waals surface area contributed by atoms with Gasteiger partial charge in [-0.25, -0.2) is 22.9 Å². The number of carbonyl (C=O) groups excluding carboxylic acids is 2. The number of rotatable bonds is 6. The van der Waals surface area contributed by atoms with E-state index in [-0.39, 0.29) is 40.9 Å². The Morgan fingerprint density at radius 3 is 2.46 bits per heavy atom. The summed E-state index contributed by atoms with van der Waals surface area (Å²) in [7, 11) is 1.46. The highest BCUT2D eigenvalue weighted by atomic mass is 32.1. The molecule has 3 heterocycles. The maximum atomic E-state index is 15.0. The van der Waals surface area contributed by atoms with Crippen LogP contribution >= 0.6 is 11.3 Å². The molecule has 2 atom stereocenters. The molecule has 4 N–H and O–H groups in total. The van der Waals surface area contributed by atoms with Crippen LogP contribution in [-0.4, -0.2) is 69.3 Å². The fourth-order valence-corrected chi connectivity index (χ4v) is 5.26. The Balaban J connectivity index is 1.59. The monoisotopic (exact) mass is 605 g/mol. The van der Waals surface area contributed by atoms with Crippen LogP contribution in [0.15, 0.2) is 24.4 Å². The number of amides is 3. The lowest BCUT2D eigenvalue weighted by atomic mass is 10.1. The summed E-state index contributed by atoms with van der Waals surface area (Å²) in [6.07, 6.45) is -7.37. The van der Waals surface area contributed by atoms with Gasteiger partial charge in [-0.05, 0) is 25.0 Å². The summed E-state index contributed by atoms with van der Waals surface area (Å²) < 4.78 is 82.9. The summed E-state index contributed by atoms with van der Waals surface area (Å²) in [4.78, 5) is 41.2. The Kier molecular flexibility index (Phi) is 8.41. The number of alkyl halides is 4. The molecule has 0 radical (unpaired) electrons. The molecule has 41 heavy (non-hydrogen) atoms. The number of hydrogen-bond acceptors (Lipinski definition) is 7. The first-order valence-corrected chi connectivity index (χ1v) is 12.6. The lowest BCUT2D eigenvalue weighted by molar-refractivity contribution is -0.174. The Morgan fingerprint density at radius 2 is 1.83 bits per heavy atom. The lowest BCUT2D eigenvalue weighted by Gasteiger charge is -2.26. The summed E-state index contributed by atoms with van der Waals surface area (Å²) >= 11 is 0.516. The van der Waals surface area contributed by atoms with Crippen LogP contribution in [-0.2, 0) is 11.8 Å². The van der Waals surface area contributed by atoms with Crippen molar-refractivity contribution >= 4 is 45.8 Å². The molecule has 1 aliphatic rings. The zero-order valence-corrected chi connectivity index (χ0v) is 21.7. The van der Waals surface area contributed by atoms with Crippen LogP contribution in [0.4, 0.5) is 47.6 Å². The molecular weight excluding hydrogens is 584 g/mol. The molecule has 18 heteroatoms. The number of aromatic nitrogens is 3. The van der Waals surface area contributed by atoms with Gasteiger partial charge < -0.3 is 20.6 Å². The molecule has 0 spiro atoms. The van der Waals surface area contributed by atoms with Crippen molar-refractivity contribution in [3.8, 4) is 10.6 Å². The van der Waals surface area contributed by atoms with E-state index >= 15 is 4.39 Å². The summed E-state index contributed by atoms with van der Waals surface area (Å²) in [5, 5.41) is 18.7. The van der Waals surface area contributed by atoms with Crippen LogP contribution in [0, 0.1) is 11.6 Å². The normalized spacial score (nSPS) is 17.6. The van der Waals surface area contributed by atoms with Crippen molar-refractivity contribution in [1.29, 1.82) is 0 Å². The lowest BCUT2D eigenvalue weighted by Crippen LogP contribution is -2.48. The highest BCUT2D eigenvalue weighted by molar-refractivity contribution is 7.19. The van der Waals surface area contributed by atoms with E-state index in [2.05, 4.69) is 15.4 Å². The zero-order chi connectivity index (χ0) is 30.1. The number of carbonyl (C=O) groups is 3. The van der Waals surface area contributed by atoms with Crippen molar-refractivity contribution in [2.75, 3.05) is 28.6 Å². The van der Waals surface area contributed by atoms with Gasteiger partial charge in [0, 0.05) is 13.6 Å². The Labute approximate surface area is 231 Å². The van der Waals surface area contributed by atoms with Crippen LogP contribution in [0.5, 0.6) is 0 Å². The zero-order valence-electron chi connectivity index (χ0n) is 20.9. The summed E-state index contributed by atoms with van der Waals surface area (Å²) in [6.45, 7) is -0.328. The Bertz CT molecular complexity index is 1460. The molecule has 2 unspecified atom stereocenters. The quantitative estimate of drug-likeness (QED) is 0.310. The molecule has 3 aromatic rings. The van der Waals surface area contributed by atoms with Gasteiger partial charge in [0.15, 0.2) is 11.5 Å². The molecule has 11 nitrogen and oxygen atoms in total. The van der Waals surface area contributed by atoms with Gasteiger partial charge in [-0.15, -0.1) is 0 Å². The topological polar surface area (TPSA) is 141 Å². The maximum Gasteiger partial charge on any atom is 0.471 e. The molecule has 1 aromatic carbocycles. The van der Waals surface area contributed by atoms with Gasteiger partial charge in [-0.3, -0.25) is 19.6 Å². The molecular formula is C23H21F6N7O4S. The van der Waals surface area contributed by atoms with Crippen molar-refractivity contribution < 1.29 is 45.8 Å². The van der Waals surface area contributed by atoms with E-state index in [9.17, 15) is 41.4 Å². The van der Waals surface area contributed by atoms with E-state index in [4.69, 9.17) is 0 Å². The SMILES string of the molecule is Cn1ncc(NC(=O)c2nc(-c3c(F)cccc3F)sc2NC(=O)O)c1N1CCCC(NC(=O)C(F)(F)F)C(F)C1. The van der Waals surface area contributed by atoms with Crippen molar-refractivity contribution in [3.63, 3.8) is 0 Å². The fraction of sp³-hybridized carbons (Fsp3) is 0.348. The second-order valence-corrected chi connectivity index (χ2v) is 9.86. The number of thiazole rings is 1. The van der Waals surface area contributed by atoms with Crippen LogP contribution in [0.3, 0.4) is 0 Å². The minimum absolute atomic E-state index is 0.00961. The molecule has 1 aliphatic heterocycles. The molecule has 1 saturated heterocycles. The molecule has 0 bridgehead atoms. The van der Waals surface area contributed by atoms with Gasteiger partial charge in [-0.2, -0.15) is 18.3 Å². The highest BCUT2D eigenvalue weighted by Gasteiger charge is 2.41. The minimum Gasteiger partial charge on any atom is -0.465 e. The minimum atomic E-state index is -5.17. The average molecular weight is 606 g/mol. The average Bonchev–Trinajstić information content (AvgIpc) is 3.38. The largest absolute Gasteiger partial charge is 0.471 e. The maximum absolute atomic E-state index is 15.0. The van der Waals surface area contributed by atoms with Crippen molar-refractivity contribution in [2.24, 2.45) is 7.05 Å². The molecule has 2 aromatic heterocycles. The third-order valence-electron chi connectivity index (χ3n) is 6.04. The Hall–Kier alpha value is -4.35. The van der Waals surface area contributed by atoms with Crippen LogP contribution in [0.25, 0.3) is 10.6 Å². The number of hydrogen-bond donors (Lipinski definition) is 4. The van der Waals surface area contributed by atoms with Gasteiger partial charge in [0.25, 0.3) is 5.91 Å². The number of benzene rings is 1. The van der Waals surface area contributed by atoms with Gasteiger partial charge in [-0.1, -0.05) is 17.4 Å². The summed E-state index contributed by atoms with van der Waals surface area (Å²) in [6, 6.07) is 1.64. The molecule has 0 saturated carbocycles. The van der Waals surface area contributed by atoms with Crippen LogP contribution in [0.2, 0.25) is 0 Å². The first-order chi connectivity index (χ1) is 19.3. The first kappa shape index (κ1) is 29.6. The fourth-order valence-electron chi connectivity index (χ4n) is 4.26. The van der Waals surface area contributed by atoms with Gasteiger partial charge >= 0.3 is 18.2 Å². The van der Waals surface area contributed by atoms with Gasteiger partial charge in [0.05, 0.1) is 24.3 Å². The van der Waals surface area contributed by atoms with E-state index in [0.29, 0.717) is 11.3 Å². The van der Waals surface area contributed by atoms with Crippen molar-refractivity contribution in [1.82, 2.24) is 20.1 Å². The number of nitrogens with one attached hydrogen (secondary N) is 3. The second kappa shape index (κ2) is 11.6. The van der Waals surface area contributed by atoms with Gasteiger partial charge in [0.1, 0.15) is 33.5 Å². The number of nitrogens with zero attached hydrogens (tertiary/aromatic N) is 4. The van der Waals surface area contributed by atoms with Crippen molar-refractivity contribution in [2.45, 2.75) is 31.2 Å². The van der Waals surface area contributed by atoms with E-state index in [1.807, 2.05) is 5.32 Å². The number of halogens is 6. The Morgan fingerprint density at radius 1 is 1.15 bits per heavy atom. The summed E-state index contributed by atoms with van der Waals surface area (Å²) in [5.41, 5.74) is -1.08. The number of aryl methyl sites for hydroxylation is 1. The van der Waals surface area contributed by atoms with E-state index in [0.717, 1.165) is 18.2 Å². The van der Waals surface area contributed by atoms with E-state index in [1.54, 1.807) is 5.32 Å². The van der Waals surface area contributed by atoms with E-state index < -0.39 is 65.7 Å². The molecule has 0 aliphatic carbocycles. The number of carboxylic acid groups (broad SMARTS) is 1. The predicted molar refractivity (Wildman–Crippen MR) is 135 cm³/mol. The predicted octanol–water partition coefficient (Wildman–Crippen LogP) is 4.15. The summed E-state index contributed by atoms with van der Waals surface area (Å²) in [5.74, 6) is -5.07. The number of anilines is 3. The van der Waals surface area contributed by atoms with Crippen molar-refractivity contribution in [3.05, 3.63) is 41.7 Å². The highest BCUT2D eigenvalue weighted by Crippen LogP contribution is 2.36. The second-order valence-electron chi connectivity index (χ2n) is 8.87. The van der Waals surface area contributed by atoms with Crippen LogP contribution < -0.4 is 20.9 Å². The third kappa shape index (κ3) is 6.53. The standard InChI is InChI=1S/C23H21F6N7O4S/c1-35-20(36-7-3-6-13(12(26)9-36)32-21(38)23(27,28)29)14(8-30-35)31-17(37)16-19(34-22(39)40)41-18(33-16)15-10(24)4-2-5-11(15)25/h2,4-5,8,12-13,34H,3,6-7,9H2,1H3,(H,31,37)(H,32,38)(H,39,40). The van der Waals surface area contributed by atoms with Crippen LogP contribution in [0.1, 0.15) is 23.3 Å². The molecule has 3 amide bonds. The molecule has 220 valence electrons. The van der Waals surface area contributed by atoms with E-state index in [1.165, 1.54) is 22.8 Å². The van der Waals surface area contributed by atoms with Gasteiger partial charge in [0.2, 0.25) is 0 Å². The smallest absolute Gasteiger partial charge is 0.465 e.